The molecule has 1 fully saturated rings. The van der Waals surface area contributed by atoms with Crippen LogP contribution in [0, 0.1) is 11.3 Å². The fourth-order valence-electron chi connectivity index (χ4n) is 2.27. The lowest BCUT2D eigenvalue weighted by Gasteiger charge is -2.23. The monoisotopic (exact) mass is 230 g/mol. The first-order valence-electron chi connectivity index (χ1n) is 5.67. The number of hydrogen-bond acceptors (Lipinski definition) is 2. The smallest absolute Gasteiger partial charge is 0.157 e. The fourth-order valence-corrected chi connectivity index (χ4v) is 2.75. The van der Waals surface area contributed by atoms with Gasteiger partial charge in [0.1, 0.15) is 0 Å². The lowest BCUT2D eigenvalue weighted by atomic mass is 9.91. The van der Waals surface area contributed by atoms with Gasteiger partial charge in [0.2, 0.25) is 0 Å². The minimum atomic E-state index is -0.475. The molecule has 0 spiro atoms. The van der Waals surface area contributed by atoms with E-state index in [0.29, 0.717) is 5.92 Å². The van der Waals surface area contributed by atoms with Gasteiger partial charge in [-0.2, -0.15) is 10.2 Å². The van der Waals surface area contributed by atoms with E-state index in [2.05, 4.69) is 31.0 Å². The third-order valence-electron chi connectivity index (χ3n) is 2.86. The minimum absolute atomic E-state index is 0.131. The van der Waals surface area contributed by atoms with Gasteiger partial charge in [0.15, 0.2) is 5.00 Å². The summed E-state index contributed by atoms with van der Waals surface area (Å²) >= 11 is 6.55. The molecule has 0 aliphatic heterocycles. The topological polar surface area (TPSA) is 24.7 Å². The van der Waals surface area contributed by atoms with E-state index in [4.69, 9.17) is 11.6 Å². The number of alkyl halides is 1. The van der Waals surface area contributed by atoms with Crippen molar-refractivity contribution in [2.24, 2.45) is 21.6 Å². The molecule has 2 atom stereocenters. The third kappa shape index (κ3) is 3.44. The zero-order valence-corrected chi connectivity index (χ0v) is 11.5. The van der Waals surface area contributed by atoms with E-state index in [1.54, 1.807) is 0 Å². The van der Waals surface area contributed by atoms with Crippen LogP contribution in [-0.2, 0) is 0 Å². The van der Waals surface area contributed by atoms with Crippen LogP contribution in [0.15, 0.2) is 10.2 Å². The van der Waals surface area contributed by atoms with Crippen LogP contribution in [0.3, 0.4) is 0 Å². The van der Waals surface area contributed by atoms with Crippen molar-refractivity contribution >= 4 is 11.6 Å². The Morgan fingerprint density at radius 1 is 1.27 bits per heavy atom. The van der Waals surface area contributed by atoms with Gasteiger partial charge < -0.3 is 0 Å². The zero-order chi connectivity index (χ0) is 11.9. The molecule has 2 nitrogen and oxygen atoms in total. The summed E-state index contributed by atoms with van der Waals surface area (Å²) in [5.74, 6) is 0.403. The molecule has 88 valence electrons. The Balaban J connectivity index is 2.81. The molecule has 0 aromatic carbocycles. The summed E-state index contributed by atoms with van der Waals surface area (Å²) in [4.78, 5) is -0.475. The zero-order valence-electron chi connectivity index (χ0n) is 10.8. The molecule has 0 bridgehead atoms. The lowest BCUT2D eigenvalue weighted by Crippen LogP contribution is -2.23. The number of nitrogens with zero attached hydrogens (tertiary/aromatic N) is 2. The van der Waals surface area contributed by atoms with E-state index in [-0.39, 0.29) is 11.0 Å². The molecule has 0 N–H and O–H groups in total. The third-order valence-corrected chi connectivity index (χ3v) is 3.44. The summed E-state index contributed by atoms with van der Waals surface area (Å²) < 4.78 is 0. The van der Waals surface area contributed by atoms with Gasteiger partial charge in [0.25, 0.3) is 0 Å². The van der Waals surface area contributed by atoms with E-state index >= 15 is 0 Å². The second kappa shape index (κ2) is 3.73. The van der Waals surface area contributed by atoms with Crippen molar-refractivity contribution in [2.75, 3.05) is 0 Å². The Bertz CT molecular complexity index is 265. The van der Waals surface area contributed by atoms with Crippen molar-refractivity contribution in [3.05, 3.63) is 0 Å². The standard InChI is InChI=1S/C12H23ClN2/c1-9-7-11(5,6)8-12(9,13)15-14-10(2,3)4/h9H,7-8H2,1-6H3. The van der Waals surface area contributed by atoms with Crippen molar-refractivity contribution in [3.63, 3.8) is 0 Å². The van der Waals surface area contributed by atoms with Crippen LogP contribution in [0.5, 0.6) is 0 Å². The lowest BCUT2D eigenvalue weighted by molar-refractivity contribution is 0.361. The largest absolute Gasteiger partial charge is 0.186 e. The van der Waals surface area contributed by atoms with Gasteiger partial charge in [0, 0.05) is 0 Å². The Kier molecular flexibility index (Phi) is 3.22. The molecule has 1 aliphatic carbocycles. The molecule has 0 aromatic heterocycles. The molecular weight excluding hydrogens is 208 g/mol. The molecule has 0 aromatic rings. The first-order valence-corrected chi connectivity index (χ1v) is 6.05. The van der Waals surface area contributed by atoms with E-state index in [1.807, 2.05) is 20.8 Å². The highest BCUT2D eigenvalue weighted by Gasteiger charge is 2.48. The van der Waals surface area contributed by atoms with Gasteiger partial charge in [0.05, 0.1) is 5.54 Å². The van der Waals surface area contributed by atoms with E-state index in [0.717, 1.165) is 12.8 Å². The first kappa shape index (κ1) is 13.0. The van der Waals surface area contributed by atoms with Crippen LogP contribution in [0.25, 0.3) is 0 Å². The number of azo groups is 1. The summed E-state index contributed by atoms with van der Waals surface area (Å²) in [6.45, 7) is 12.8. The van der Waals surface area contributed by atoms with Crippen LogP contribution in [0.2, 0.25) is 0 Å². The summed E-state index contributed by atoms with van der Waals surface area (Å²) in [5.41, 5.74) is 0.159. The van der Waals surface area contributed by atoms with Gasteiger partial charge in [-0.25, -0.2) is 0 Å². The van der Waals surface area contributed by atoms with Gasteiger partial charge >= 0.3 is 0 Å². The average molecular weight is 231 g/mol. The van der Waals surface area contributed by atoms with Crippen molar-refractivity contribution < 1.29 is 0 Å². The van der Waals surface area contributed by atoms with Crippen LogP contribution < -0.4 is 0 Å². The minimum Gasteiger partial charge on any atom is -0.186 e. The van der Waals surface area contributed by atoms with E-state index < -0.39 is 5.00 Å². The van der Waals surface area contributed by atoms with Gasteiger partial charge in [-0.05, 0) is 44.9 Å². The summed E-state index contributed by atoms with van der Waals surface area (Å²) in [5, 5.41) is 8.71. The highest BCUT2D eigenvalue weighted by molar-refractivity contribution is 6.24. The maximum absolute atomic E-state index is 6.55. The Morgan fingerprint density at radius 3 is 2.13 bits per heavy atom. The molecule has 0 saturated heterocycles. The predicted octanol–water partition coefficient (Wildman–Crippen LogP) is 4.63. The molecule has 0 radical (unpaired) electrons. The Morgan fingerprint density at radius 2 is 1.80 bits per heavy atom. The van der Waals surface area contributed by atoms with Crippen LogP contribution in [0.4, 0.5) is 0 Å². The molecule has 0 amide bonds. The van der Waals surface area contributed by atoms with Crippen molar-refractivity contribution in [1.82, 2.24) is 0 Å². The number of hydrogen-bond donors (Lipinski definition) is 0. The SMILES string of the molecule is CC1CC(C)(C)CC1(Cl)N=NC(C)(C)C. The van der Waals surface area contributed by atoms with Crippen molar-refractivity contribution in [1.29, 1.82) is 0 Å². The quantitative estimate of drug-likeness (QED) is 0.357. The normalized spacial score (nSPS) is 36.3. The summed E-state index contributed by atoms with van der Waals surface area (Å²) in [6, 6.07) is 0. The second-order valence-corrected chi connectivity index (χ2v) is 7.29. The molecule has 1 saturated carbocycles. The van der Waals surface area contributed by atoms with Crippen molar-refractivity contribution in [3.8, 4) is 0 Å². The molecule has 15 heavy (non-hydrogen) atoms. The van der Waals surface area contributed by atoms with E-state index in [9.17, 15) is 0 Å². The Labute approximate surface area is 98.5 Å². The van der Waals surface area contributed by atoms with Gasteiger partial charge in [-0.3, -0.25) is 0 Å². The van der Waals surface area contributed by atoms with Crippen LogP contribution in [-0.4, -0.2) is 10.5 Å². The maximum atomic E-state index is 6.55. The van der Waals surface area contributed by atoms with E-state index in [1.165, 1.54) is 0 Å². The average Bonchev–Trinajstić information content (AvgIpc) is 2.17. The highest BCUT2D eigenvalue weighted by atomic mass is 35.5. The number of rotatable bonds is 1. The molecule has 3 heteroatoms. The molecule has 1 aliphatic rings. The van der Waals surface area contributed by atoms with Crippen LogP contribution in [0.1, 0.15) is 54.4 Å². The van der Waals surface area contributed by atoms with Gasteiger partial charge in [-0.15, -0.1) is 0 Å². The molecule has 0 heterocycles. The summed E-state index contributed by atoms with van der Waals surface area (Å²) in [7, 11) is 0. The Hall–Kier alpha value is -0.110. The van der Waals surface area contributed by atoms with Gasteiger partial charge in [-0.1, -0.05) is 32.4 Å². The highest BCUT2D eigenvalue weighted by Crippen LogP contribution is 2.52. The molecular formula is C12H23ClN2. The number of halogens is 1. The first-order chi connectivity index (χ1) is 6.54. The van der Waals surface area contributed by atoms with Crippen molar-refractivity contribution in [2.45, 2.75) is 64.9 Å². The second-order valence-electron chi connectivity index (χ2n) is 6.64. The summed E-state index contributed by atoms with van der Waals surface area (Å²) in [6.07, 6.45) is 2.04. The molecule has 2 unspecified atom stereocenters. The van der Waals surface area contributed by atoms with Crippen LogP contribution >= 0.6 is 11.6 Å². The predicted molar refractivity (Wildman–Crippen MR) is 65.4 cm³/mol. The molecule has 1 rings (SSSR count). The fraction of sp³-hybridized carbons (Fsp3) is 1.00. The maximum Gasteiger partial charge on any atom is 0.157 e.